The zero-order valence-corrected chi connectivity index (χ0v) is 20.9. The summed E-state index contributed by atoms with van der Waals surface area (Å²) in [6.07, 6.45) is 1.03. The number of piperidine rings is 1. The monoisotopic (exact) mass is 482 g/mol. The number of nitrogens with zero attached hydrogens (tertiary/aromatic N) is 1. The summed E-state index contributed by atoms with van der Waals surface area (Å²) in [5, 5.41) is 5.24. The normalized spacial score (nSPS) is 16.5. The summed E-state index contributed by atoms with van der Waals surface area (Å²) in [5.41, 5.74) is 4.01. The smallest absolute Gasteiger partial charge is 0.243 e. The van der Waals surface area contributed by atoms with Crippen LogP contribution >= 0.6 is 11.3 Å². The molecular weight excluding hydrogens is 452 g/mol. The molecule has 0 saturated carbocycles. The highest BCUT2D eigenvalue weighted by Gasteiger charge is 2.33. The fourth-order valence-electron chi connectivity index (χ4n) is 4.38. The van der Waals surface area contributed by atoms with Crippen LogP contribution in [0.4, 0.5) is 0 Å². The second-order valence-corrected chi connectivity index (χ2v) is 11.7. The van der Waals surface area contributed by atoms with Crippen molar-refractivity contribution in [3.05, 3.63) is 87.1 Å². The van der Waals surface area contributed by atoms with Crippen molar-refractivity contribution >= 4 is 27.3 Å². The number of thiophene rings is 1. The van der Waals surface area contributed by atoms with Crippen LogP contribution in [0.2, 0.25) is 0 Å². The lowest BCUT2D eigenvalue weighted by Crippen LogP contribution is -2.43. The molecule has 1 atom stereocenters. The standard InChI is InChI=1S/C26H30N2O3S2/c1-18-6-9-21(10-7-18)25(23-5-4-16-32-23)27-26(29)22-12-14-28(15-13-22)33(30,31)24-11-8-19(2)17-20(24)3/h4-11,16-17,22,25H,12-15H2,1-3H3,(H,27,29)/t25-/m0/s1. The van der Waals surface area contributed by atoms with E-state index in [9.17, 15) is 13.2 Å². The first kappa shape index (κ1) is 23.7. The minimum Gasteiger partial charge on any atom is -0.344 e. The Bertz CT molecular complexity index is 1210. The Labute approximate surface area is 200 Å². The fraction of sp³-hybridized carbons (Fsp3) is 0.346. The molecule has 5 nitrogen and oxygen atoms in total. The summed E-state index contributed by atoms with van der Waals surface area (Å²) in [6, 6.07) is 17.5. The molecule has 1 aliphatic heterocycles. The molecule has 1 aliphatic rings. The van der Waals surface area contributed by atoms with E-state index in [-0.39, 0.29) is 17.9 Å². The van der Waals surface area contributed by atoms with Gasteiger partial charge in [-0.2, -0.15) is 4.31 Å². The van der Waals surface area contributed by atoms with Crippen molar-refractivity contribution in [2.75, 3.05) is 13.1 Å². The summed E-state index contributed by atoms with van der Waals surface area (Å²) in [7, 11) is -3.56. The summed E-state index contributed by atoms with van der Waals surface area (Å²) in [5.74, 6) is -0.221. The lowest BCUT2D eigenvalue weighted by atomic mass is 9.95. The minimum atomic E-state index is -3.56. The number of hydrogen-bond acceptors (Lipinski definition) is 4. The van der Waals surface area contributed by atoms with Gasteiger partial charge < -0.3 is 5.32 Å². The van der Waals surface area contributed by atoms with Gasteiger partial charge in [0.15, 0.2) is 0 Å². The first-order valence-electron chi connectivity index (χ1n) is 11.2. The fourth-order valence-corrected chi connectivity index (χ4v) is 6.86. The molecule has 174 valence electrons. The molecule has 7 heteroatoms. The van der Waals surface area contributed by atoms with E-state index in [4.69, 9.17) is 0 Å². The van der Waals surface area contributed by atoms with E-state index in [0.29, 0.717) is 30.8 Å². The highest BCUT2D eigenvalue weighted by molar-refractivity contribution is 7.89. The summed E-state index contributed by atoms with van der Waals surface area (Å²) >= 11 is 1.62. The Hall–Kier alpha value is -2.48. The number of aryl methyl sites for hydroxylation is 3. The number of rotatable bonds is 6. The van der Waals surface area contributed by atoms with Gasteiger partial charge in [0.05, 0.1) is 10.9 Å². The molecule has 1 amide bonds. The number of carbonyl (C=O) groups excluding carboxylic acids is 1. The second kappa shape index (κ2) is 9.79. The third-order valence-electron chi connectivity index (χ3n) is 6.30. The van der Waals surface area contributed by atoms with Gasteiger partial charge in [-0.25, -0.2) is 8.42 Å². The molecule has 0 spiro atoms. The SMILES string of the molecule is Cc1ccc([C@H](NC(=O)C2CCN(S(=O)(=O)c3ccc(C)cc3C)CC2)c2cccs2)cc1. The Morgan fingerprint density at radius 2 is 1.67 bits per heavy atom. The Kier molecular flexibility index (Phi) is 7.02. The molecule has 0 unspecified atom stereocenters. The van der Waals surface area contributed by atoms with Crippen molar-refractivity contribution in [1.82, 2.24) is 9.62 Å². The van der Waals surface area contributed by atoms with Crippen LogP contribution in [0.15, 0.2) is 64.9 Å². The Morgan fingerprint density at radius 3 is 2.27 bits per heavy atom. The molecule has 1 aromatic heterocycles. The van der Waals surface area contributed by atoms with E-state index in [2.05, 4.69) is 29.6 Å². The predicted octanol–water partition coefficient (Wildman–Crippen LogP) is 4.98. The molecule has 33 heavy (non-hydrogen) atoms. The molecule has 1 N–H and O–H groups in total. The quantitative estimate of drug-likeness (QED) is 0.539. The minimum absolute atomic E-state index is 0.0162. The summed E-state index contributed by atoms with van der Waals surface area (Å²) in [4.78, 5) is 14.6. The van der Waals surface area contributed by atoms with Crippen LogP contribution in [0.5, 0.6) is 0 Å². The van der Waals surface area contributed by atoms with Gasteiger partial charge >= 0.3 is 0 Å². The number of sulfonamides is 1. The lowest BCUT2D eigenvalue weighted by Gasteiger charge is -2.32. The van der Waals surface area contributed by atoms with E-state index in [1.54, 1.807) is 17.4 Å². The summed E-state index contributed by atoms with van der Waals surface area (Å²) < 4.78 is 27.9. The topological polar surface area (TPSA) is 66.5 Å². The van der Waals surface area contributed by atoms with Gasteiger partial charge in [-0.3, -0.25) is 4.79 Å². The largest absolute Gasteiger partial charge is 0.344 e. The predicted molar refractivity (Wildman–Crippen MR) is 133 cm³/mol. The number of benzene rings is 2. The van der Waals surface area contributed by atoms with Crippen LogP contribution in [0.25, 0.3) is 0 Å². The van der Waals surface area contributed by atoms with E-state index in [0.717, 1.165) is 21.6 Å². The van der Waals surface area contributed by atoms with Crippen molar-refractivity contribution < 1.29 is 13.2 Å². The zero-order valence-electron chi connectivity index (χ0n) is 19.2. The van der Waals surface area contributed by atoms with E-state index in [1.165, 1.54) is 9.87 Å². The molecule has 2 heterocycles. The van der Waals surface area contributed by atoms with Gasteiger partial charge in [0.1, 0.15) is 0 Å². The first-order chi connectivity index (χ1) is 15.8. The average molecular weight is 483 g/mol. The third kappa shape index (κ3) is 5.21. The van der Waals surface area contributed by atoms with Crippen molar-refractivity contribution in [2.24, 2.45) is 5.92 Å². The molecule has 0 radical (unpaired) electrons. The van der Waals surface area contributed by atoms with Crippen LogP contribution in [-0.4, -0.2) is 31.7 Å². The van der Waals surface area contributed by atoms with Gasteiger partial charge in [0.25, 0.3) is 0 Å². The first-order valence-corrected chi connectivity index (χ1v) is 13.6. The number of carbonyl (C=O) groups is 1. The van der Waals surface area contributed by atoms with Crippen LogP contribution in [0, 0.1) is 26.7 Å². The zero-order chi connectivity index (χ0) is 23.6. The number of amides is 1. The van der Waals surface area contributed by atoms with E-state index in [1.807, 2.05) is 50.4 Å². The molecule has 3 aromatic rings. The van der Waals surface area contributed by atoms with Crippen LogP contribution in [0.1, 0.15) is 46.0 Å². The Morgan fingerprint density at radius 1 is 1.00 bits per heavy atom. The van der Waals surface area contributed by atoms with Gasteiger partial charge in [0, 0.05) is 23.9 Å². The second-order valence-electron chi connectivity index (χ2n) is 8.82. The molecule has 4 rings (SSSR count). The summed E-state index contributed by atoms with van der Waals surface area (Å²) in [6.45, 7) is 6.52. The maximum atomic E-state index is 13.2. The highest BCUT2D eigenvalue weighted by atomic mass is 32.2. The van der Waals surface area contributed by atoms with Crippen molar-refractivity contribution in [1.29, 1.82) is 0 Å². The molecule has 2 aromatic carbocycles. The average Bonchev–Trinajstić information content (AvgIpc) is 3.32. The highest BCUT2D eigenvalue weighted by Crippen LogP contribution is 2.29. The van der Waals surface area contributed by atoms with Crippen LogP contribution in [-0.2, 0) is 14.8 Å². The van der Waals surface area contributed by atoms with Crippen molar-refractivity contribution in [3.63, 3.8) is 0 Å². The van der Waals surface area contributed by atoms with E-state index < -0.39 is 10.0 Å². The van der Waals surface area contributed by atoms with Gasteiger partial charge in [-0.05, 0) is 62.3 Å². The van der Waals surface area contributed by atoms with Gasteiger partial charge in [-0.1, -0.05) is 53.6 Å². The van der Waals surface area contributed by atoms with Gasteiger partial charge in [-0.15, -0.1) is 11.3 Å². The lowest BCUT2D eigenvalue weighted by molar-refractivity contribution is -0.126. The van der Waals surface area contributed by atoms with Gasteiger partial charge in [0.2, 0.25) is 15.9 Å². The molecular formula is C26H30N2O3S2. The molecule has 0 aliphatic carbocycles. The maximum Gasteiger partial charge on any atom is 0.243 e. The maximum absolute atomic E-state index is 13.2. The molecule has 1 saturated heterocycles. The van der Waals surface area contributed by atoms with Crippen molar-refractivity contribution in [3.8, 4) is 0 Å². The third-order valence-corrected chi connectivity index (χ3v) is 9.29. The van der Waals surface area contributed by atoms with E-state index >= 15 is 0 Å². The Balaban J connectivity index is 1.44. The van der Waals surface area contributed by atoms with Crippen molar-refractivity contribution in [2.45, 2.75) is 44.6 Å². The molecule has 0 bridgehead atoms. The number of nitrogens with one attached hydrogen (secondary N) is 1. The van der Waals surface area contributed by atoms with Crippen LogP contribution in [0.3, 0.4) is 0 Å². The van der Waals surface area contributed by atoms with Crippen LogP contribution < -0.4 is 5.32 Å². The number of hydrogen-bond donors (Lipinski definition) is 1. The molecule has 1 fully saturated rings.